The monoisotopic (exact) mass is 388 g/mol. The first kappa shape index (κ1) is 21.1. The van der Waals surface area contributed by atoms with E-state index in [0.29, 0.717) is 16.1 Å². The van der Waals surface area contributed by atoms with Crippen LogP contribution < -0.4 is 0 Å². The Morgan fingerprint density at radius 3 is 1.77 bits per heavy atom. The van der Waals surface area contributed by atoms with Gasteiger partial charge >= 0.3 is 0 Å². The minimum atomic E-state index is -0.661. The van der Waals surface area contributed by atoms with Crippen molar-refractivity contribution >= 4 is 23.5 Å². The summed E-state index contributed by atoms with van der Waals surface area (Å²) in [6.45, 7) is 7.87. The number of hydrogen-bond donors (Lipinski definition) is 2. The molecule has 0 unspecified atom stereocenters. The van der Waals surface area contributed by atoms with E-state index in [0.717, 1.165) is 6.42 Å². The van der Waals surface area contributed by atoms with Gasteiger partial charge in [0.15, 0.2) is 0 Å². The molecule has 2 N–H and O–H groups in total. The molecule has 4 heteroatoms. The lowest BCUT2D eigenvalue weighted by Crippen LogP contribution is -2.25. The predicted molar refractivity (Wildman–Crippen MR) is 114 cm³/mol. The summed E-state index contributed by atoms with van der Waals surface area (Å²) >= 11 is 3.74. The minimum Gasteiger partial charge on any atom is -0.392 e. The van der Waals surface area contributed by atoms with E-state index in [1.807, 2.05) is 42.6 Å². The van der Waals surface area contributed by atoms with Crippen molar-refractivity contribution in [2.24, 2.45) is 11.8 Å². The highest BCUT2D eigenvalue weighted by atomic mass is 32.2. The van der Waals surface area contributed by atoms with Gasteiger partial charge in [0.05, 0.1) is 17.3 Å². The van der Waals surface area contributed by atoms with E-state index in [4.69, 9.17) is 0 Å². The first-order valence-corrected chi connectivity index (χ1v) is 10.7. The molecule has 2 rings (SSSR count). The lowest BCUT2D eigenvalue weighted by atomic mass is 9.90. The SMILES string of the molecule is C=C(CO)[C@@H](O)[C@@H](C)C[C@@H](C)C(Sc1ccccc1)Sc1ccccc1. The zero-order chi connectivity index (χ0) is 18.9. The molecule has 0 spiro atoms. The van der Waals surface area contributed by atoms with E-state index in [2.05, 4.69) is 62.0 Å². The molecular formula is C22H28O2S2. The van der Waals surface area contributed by atoms with Gasteiger partial charge in [-0.25, -0.2) is 0 Å². The Labute approximate surface area is 165 Å². The topological polar surface area (TPSA) is 40.5 Å². The first-order chi connectivity index (χ1) is 12.5. The van der Waals surface area contributed by atoms with Crippen molar-refractivity contribution in [2.75, 3.05) is 6.61 Å². The number of aliphatic hydroxyl groups is 2. The van der Waals surface area contributed by atoms with Gasteiger partial charge < -0.3 is 10.2 Å². The van der Waals surface area contributed by atoms with Gasteiger partial charge in [-0.15, -0.1) is 23.5 Å². The Balaban J connectivity index is 2.09. The van der Waals surface area contributed by atoms with E-state index >= 15 is 0 Å². The maximum absolute atomic E-state index is 10.3. The highest BCUT2D eigenvalue weighted by Gasteiger charge is 2.25. The third-order valence-electron chi connectivity index (χ3n) is 4.36. The molecule has 0 bridgehead atoms. The molecule has 0 amide bonds. The molecule has 0 aliphatic heterocycles. The summed E-state index contributed by atoms with van der Waals surface area (Å²) in [7, 11) is 0. The highest BCUT2D eigenvalue weighted by molar-refractivity contribution is 8.17. The second kappa shape index (κ2) is 10.8. The molecule has 140 valence electrons. The van der Waals surface area contributed by atoms with Crippen LogP contribution in [0.2, 0.25) is 0 Å². The predicted octanol–water partition coefficient (Wildman–Crippen LogP) is 5.47. The van der Waals surface area contributed by atoms with Crippen molar-refractivity contribution in [1.82, 2.24) is 0 Å². The number of aliphatic hydroxyl groups excluding tert-OH is 2. The van der Waals surface area contributed by atoms with Crippen LogP contribution in [-0.4, -0.2) is 27.5 Å². The number of rotatable bonds is 10. The van der Waals surface area contributed by atoms with Crippen molar-refractivity contribution in [1.29, 1.82) is 0 Å². The molecule has 0 fully saturated rings. The fraction of sp³-hybridized carbons (Fsp3) is 0.364. The van der Waals surface area contributed by atoms with Crippen LogP contribution in [0.25, 0.3) is 0 Å². The van der Waals surface area contributed by atoms with E-state index in [1.54, 1.807) is 0 Å². The molecule has 0 saturated heterocycles. The Hall–Kier alpha value is -1.20. The fourth-order valence-corrected chi connectivity index (χ4v) is 5.56. The maximum Gasteiger partial charge on any atom is 0.0795 e. The summed E-state index contributed by atoms with van der Waals surface area (Å²) in [5, 5.41) is 19.5. The Bertz CT molecular complexity index is 619. The van der Waals surface area contributed by atoms with Crippen LogP contribution in [0.5, 0.6) is 0 Å². The molecule has 2 aromatic rings. The molecule has 2 aromatic carbocycles. The van der Waals surface area contributed by atoms with E-state index < -0.39 is 6.10 Å². The highest BCUT2D eigenvalue weighted by Crippen LogP contribution is 2.42. The number of benzene rings is 2. The molecule has 0 heterocycles. The zero-order valence-corrected chi connectivity index (χ0v) is 17.0. The Morgan fingerprint density at radius 2 is 1.35 bits per heavy atom. The summed E-state index contributed by atoms with van der Waals surface area (Å²) in [5.74, 6) is 0.432. The molecule has 0 aliphatic carbocycles. The van der Waals surface area contributed by atoms with Gasteiger partial charge in [-0.05, 0) is 48.1 Å². The minimum absolute atomic E-state index is 0.0555. The average Bonchev–Trinajstić information content (AvgIpc) is 2.67. The van der Waals surface area contributed by atoms with E-state index in [9.17, 15) is 10.2 Å². The van der Waals surface area contributed by atoms with Crippen LogP contribution in [0.4, 0.5) is 0 Å². The maximum atomic E-state index is 10.3. The van der Waals surface area contributed by atoms with Crippen LogP contribution in [0.1, 0.15) is 20.3 Å². The van der Waals surface area contributed by atoms with E-state index in [-0.39, 0.29) is 12.5 Å². The molecule has 0 aliphatic rings. The molecule has 0 radical (unpaired) electrons. The van der Waals surface area contributed by atoms with Crippen LogP contribution in [0, 0.1) is 11.8 Å². The third-order valence-corrected chi connectivity index (χ3v) is 7.42. The largest absolute Gasteiger partial charge is 0.392 e. The Kier molecular flexibility index (Phi) is 8.79. The van der Waals surface area contributed by atoms with Crippen molar-refractivity contribution < 1.29 is 10.2 Å². The average molecular weight is 389 g/mol. The van der Waals surface area contributed by atoms with Crippen LogP contribution in [0.15, 0.2) is 82.6 Å². The van der Waals surface area contributed by atoms with Gasteiger partial charge in [-0.2, -0.15) is 0 Å². The molecule has 0 saturated carbocycles. The van der Waals surface area contributed by atoms with Crippen molar-refractivity contribution in [3.8, 4) is 0 Å². The molecular weight excluding hydrogens is 360 g/mol. The number of hydrogen-bond acceptors (Lipinski definition) is 4. The van der Waals surface area contributed by atoms with Gasteiger partial charge in [0.2, 0.25) is 0 Å². The molecule has 0 aromatic heterocycles. The second-order valence-electron chi connectivity index (χ2n) is 6.68. The van der Waals surface area contributed by atoms with Gasteiger partial charge in [-0.3, -0.25) is 0 Å². The summed E-state index contributed by atoms with van der Waals surface area (Å²) < 4.78 is 0.330. The van der Waals surface area contributed by atoms with Gasteiger partial charge in [0.1, 0.15) is 0 Å². The summed E-state index contributed by atoms with van der Waals surface area (Å²) in [4.78, 5) is 2.50. The first-order valence-electron chi connectivity index (χ1n) is 8.91. The van der Waals surface area contributed by atoms with Gasteiger partial charge in [0, 0.05) is 9.79 Å². The summed E-state index contributed by atoms with van der Waals surface area (Å²) in [6.07, 6.45) is 0.205. The lowest BCUT2D eigenvalue weighted by Gasteiger charge is -2.28. The second-order valence-corrected chi connectivity index (χ2v) is 9.41. The van der Waals surface area contributed by atoms with Crippen LogP contribution in [-0.2, 0) is 0 Å². The fourth-order valence-electron chi connectivity index (χ4n) is 2.85. The molecule has 3 atom stereocenters. The van der Waals surface area contributed by atoms with Crippen molar-refractivity contribution in [2.45, 2.75) is 40.7 Å². The smallest absolute Gasteiger partial charge is 0.0795 e. The van der Waals surface area contributed by atoms with Gasteiger partial charge in [0.25, 0.3) is 0 Å². The van der Waals surface area contributed by atoms with Crippen molar-refractivity contribution in [3.05, 3.63) is 72.8 Å². The summed E-state index contributed by atoms with van der Waals surface area (Å²) in [5.41, 5.74) is 0.493. The van der Waals surface area contributed by atoms with Crippen LogP contribution in [0.3, 0.4) is 0 Å². The zero-order valence-electron chi connectivity index (χ0n) is 15.4. The summed E-state index contributed by atoms with van der Waals surface area (Å²) in [6, 6.07) is 20.9. The van der Waals surface area contributed by atoms with Crippen LogP contribution >= 0.6 is 23.5 Å². The van der Waals surface area contributed by atoms with Crippen molar-refractivity contribution in [3.63, 3.8) is 0 Å². The lowest BCUT2D eigenvalue weighted by molar-refractivity contribution is 0.123. The normalized spacial score (nSPS) is 14.8. The molecule has 26 heavy (non-hydrogen) atoms. The number of thioether (sulfide) groups is 2. The quantitative estimate of drug-likeness (QED) is 0.322. The van der Waals surface area contributed by atoms with Gasteiger partial charge in [-0.1, -0.05) is 56.8 Å². The molecule has 2 nitrogen and oxygen atoms in total. The third kappa shape index (κ3) is 6.51. The Morgan fingerprint density at radius 1 is 0.885 bits per heavy atom. The standard InChI is InChI=1S/C22H28O2S2/c1-16(21(24)18(3)15-23)14-17(2)22(25-19-10-6-4-7-11-19)26-20-12-8-5-9-13-20/h4-13,16-17,21-24H,3,14-15H2,1-2H3/t16-,17+,21-/m0/s1. The van der Waals surface area contributed by atoms with E-state index in [1.165, 1.54) is 9.79 Å².